The highest BCUT2D eigenvalue weighted by Crippen LogP contribution is 2.22. The van der Waals surface area contributed by atoms with Gasteiger partial charge in [0.25, 0.3) is 0 Å². The van der Waals surface area contributed by atoms with Crippen LogP contribution in [0, 0.1) is 11.3 Å². The number of nitrogens with one attached hydrogen (secondary N) is 1. The quantitative estimate of drug-likeness (QED) is 0.896. The third-order valence-corrected chi connectivity index (χ3v) is 4.16. The maximum Gasteiger partial charge on any atom is 0.144 e. The van der Waals surface area contributed by atoms with Crippen molar-refractivity contribution in [1.82, 2.24) is 15.1 Å². The average molecular weight is 272 g/mol. The van der Waals surface area contributed by atoms with Gasteiger partial charge in [0.15, 0.2) is 0 Å². The molecule has 0 spiro atoms. The van der Waals surface area contributed by atoms with E-state index in [1.54, 1.807) is 0 Å². The molecule has 1 saturated heterocycles. The van der Waals surface area contributed by atoms with Gasteiger partial charge in [0.2, 0.25) is 0 Å². The molecule has 0 bridgehead atoms. The van der Waals surface area contributed by atoms with Crippen molar-refractivity contribution in [3.05, 3.63) is 35.9 Å². The van der Waals surface area contributed by atoms with Gasteiger partial charge in [-0.1, -0.05) is 30.3 Å². The van der Waals surface area contributed by atoms with Crippen LogP contribution in [0.3, 0.4) is 0 Å². The zero-order chi connectivity index (χ0) is 14.4. The van der Waals surface area contributed by atoms with Gasteiger partial charge in [0, 0.05) is 19.6 Å². The van der Waals surface area contributed by atoms with Crippen LogP contribution >= 0.6 is 0 Å². The van der Waals surface area contributed by atoms with Crippen LogP contribution in [-0.4, -0.2) is 56.6 Å². The van der Waals surface area contributed by atoms with Gasteiger partial charge in [-0.15, -0.1) is 0 Å². The van der Waals surface area contributed by atoms with Crippen molar-refractivity contribution >= 4 is 0 Å². The summed E-state index contributed by atoms with van der Waals surface area (Å²) in [5.74, 6) is 0. The van der Waals surface area contributed by atoms with Crippen LogP contribution in [0.15, 0.2) is 30.3 Å². The molecule has 1 aromatic carbocycles. The second-order valence-electron chi connectivity index (χ2n) is 5.57. The molecule has 1 aliphatic heterocycles. The maximum absolute atomic E-state index is 9.73. The molecule has 1 heterocycles. The summed E-state index contributed by atoms with van der Waals surface area (Å²) < 4.78 is 0. The van der Waals surface area contributed by atoms with E-state index in [0.29, 0.717) is 0 Å². The molecule has 0 saturated carbocycles. The summed E-state index contributed by atoms with van der Waals surface area (Å²) in [6, 6.07) is 12.5. The lowest BCUT2D eigenvalue weighted by molar-refractivity contribution is 0.222. The Morgan fingerprint density at radius 3 is 2.60 bits per heavy atom. The molecule has 4 nitrogen and oxygen atoms in total. The van der Waals surface area contributed by atoms with Crippen molar-refractivity contribution < 1.29 is 0 Å². The first-order chi connectivity index (χ1) is 9.70. The van der Waals surface area contributed by atoms with E-state index in [1.165, 1.54) is 0 Å². The number of rotatable bonds is 4. The molecule has 1 unspecified atom stereocenters. The van der Waals surface area contributed by atoms with E-state index < -0.39 is 5.54 Å². The monoisotopic (exact) mass is 272 g/mol. The molecule has 2 rings (SSSR count). The number of hydrogen-bond acceptors (Lipinski definition) is 4. The lowest BCUT2D eigenvalue weighted by Gasteiger charge is -2.33. The minimum Gasteiger partial charge on any atom is -0.305 e. The molecule has 1 fully saturated rings. The van der Waals surface area contributed by atoms with Crippen LogP contribution in [0.4, 0.5) is 0 Å². The van der Waals surface area contributed by atoms with E-state index in [0.717, 1.165) is 44.7 Å². The van der Waals surface area contributed by atoms with Crippen LogP contribution in [0.1, 0.15) is 12.0 Å². The zero-order valence-electron chi connectivity index (χ0n) is 12.5. The molecule has 1 N–H and O–H groups in total. The van der Waals surface area contributed by atoms with Gasteiger partial charge in [-0.25, -0.2) is 0 Å². The summed E-state index contributed by atoms with van der Waals surface area (Å²) in [6.45, 7) is 5.02. The van der Waals surface area contributed by atoms with Gasteiger partial charge in [0.05, 0.1) is 6.07 Å². The van der Waals surface area contributed by atoms with Gasteiger partial charge in [-0.3, -0.25) is 10.2 Å². The van der Waals surface area contributed by atoms with E-state index in [-0.39, 0.29) is 0 Å². The summed E-state index contributed by atoms with van der Waals surface area (Å²) in [6.07, 6.45) is 1.16. The molecule has 4 heteroatoms. The Morgan fingerprint density at radius 2 is 1.95 bits per heavy atom. The van der Waals surface area contributed by atoms with Crippen LogP contribution in [0.25, 0.3) is 0 Å². The van der Waals surface area contributed by atoms with Crippen molar-refractivity contribution in [3.8, 4) is 6.07 Å². The summed E-state index contributed by atoms with van der Waals surface area (Å²) in [7, 11) is 4.04. The van der Waals surface area contributed by atoms with Crippen LogP contribution in [0.5, 0.6) is 0 Å². The standard InChI is InChI=1S/C16H24N4/c1-18-16(13-17,15-7-4-3-5-8-15)14-20-10-6-9-19(2)11-12-20/h3-5,7-8,18H,6,9-12,14H2,1-2H3. The number of hydrogen-bond donors (Lipinski definition) is 1. The Kier molecular flexibility index (Phi) is 5.13. The lowest BCUT2D eigenvalue weighted by Crippen LogP contribution is -2.49. The van der Waals surface area contributed by atoms with Crippen molar-refractivity contribution in [2.75, 3.05) is 46.8 Å². The largest absolute Gasteiger partial charge is 0.305 e. The van der Waals surface area contributed by atoms with Crippen molar-refractivity contribution in [2.24, 2.45) is 0 Å². The Balaban J connectivity index is 2.15. The van der Waals surface area contributed by atoms with E-state index in [4.69, 9.17) is 0 Å². The van der Waals surface area contributed by atoms with Crippen LogP contribution in [0.2, 0.25) is 0 Å². The molecule has 0 aromatic heterocycles. The highest BCUT2D eigenvalue weighted by molar-refractivity contribution is 5.32. The smallest absolute Gasteiger partial charge is 0.144 e. The predicted octanol–water partition coefficient (Wildman–Crippen LogP) is 1.26. The zero-order valence-corrected chi connectivity index (χ0v) is 12.5. The molecule has 20 heavy (non-hydrogen) atoms. The molecule has 1 aliphatic rings. The third-order valence-electron chi connectivity index (χ3n) is 4.16. The van der Waals surface area contributed by atoms with E-state index in [9.17, 15) is 5.26 Å². The first-order valence-electron chi connectivity index (χ1n) is 7.27. The summed E-state index contributed by atoms with van der Waals surface area (Å²) in [5.41, 5.74) is 0.423. The van der Waals surface area contributed by atoms with Crippen LogP contribution < -0.4 is 5.32 Å². The minimum absolute atomic E-state index is 0.621. The molecule has 108 valence electrons. The second kappa shape index (κ2) is 6.85. The Bertz CT molecular complexity index is 453. The fourth-order valence-electron chi connectivity index (χ4n) is 2.79. The highest BCUT2D eigenvalue weighted by atomic mass is 15.2. The molecule has 1 aromatic rings. The average Bonchev–Trinajstić information content (AvgIpc) is 2.70. The molecular formula is C16H24N4. The normalized spacial score (nSPS) is 20.9. The second-order valence-corrected chi connectivity index (χ2v) is 5.57. The number of benzene rings is 1. The minimum atomic E-state index is -0.621. The van der Waals surface area contributed by atoms with Gasteiger partial charge < -0.3 is 4.90 Å². The summed E-state index contributed by atoms with van der Waals surface area (Å²) >= 11 is 0. The summed E-state index contributed by atoms with van der Waals surface area (Å²) in [5, 5.41) is 13.0. The fourth-order valence-corrected chi connectivity index (χ4v) is 2.79. The number of nitriles is 1. The molecule has 0 aliphatic carbocycles. The van der Waals surface area contributed by atoms with E-state index in [2.05, 4.69) is 28.2 Å². The fraction of sp³-hybridized carbons (Fsp3) is 0.562. The number of nitrogens with zero attached hydrogens (tertiary/aromatic N) is 3. The van der Waals surface area contributed by atoms with Gasteiger partial charge in [-0.2, -0.15) is 5.26 Å². The van der Waals surface area contributed by atoms with Crippen molar-refractivity contribution in [1.29, 1.82) is 5.26 Å². The Morgan fingerprint density at radius 1 is 1.20 bits per heavy atom. The molecular weight excluding hydrogens is 248 g/mol. The maximum atomic E-state index is 9.73. The third kappa shape index (κ3) is 3.37. The topological polar surface area (TPSA) is 42.3 Å². The van der Waals surface area contributed by atoms with Crippen molar-refractivity contribution in [2.45, 2.75) is 12.0 Å². The van der Waals surface area contributed by atoms with Gasteiger partial charge in [-0.05, 0) is 39.2 Å². The molecule has 1 atom stereocenters. The van der Waals surface area contributed by atoms with Gasteiger partial charge in [0.1, 0.15) is 5.54 Å². The number of likely N-dealkylation sites (N-methyl/N-ethyl adjacent to an activating group) is 2. The van der Waals surface area contributed by atoms with Crippen molar-refractivity contribution in [3.63, 3.8) is 0 Å². The first-order valence-corrected chi connectivity index (χ1v) is 7.27. The van der Waals surface area contributed by atoms with Crippen LogP contribution in [-0.2, 0) is 5.54 Å². The molecule has 0 amide bonds. The van der Waals surface area contributed by atoms with E-state index >= 15 is 0 Å². The first kappa shape index (κ1) is 15.0. The summed E-state index contributed by atoms with van der Waals surface area (Å²) in [4.78, 5) is 4.76. The highest BCUT2D eigenvalue weighted by Gasteiger charge is 2.33. The molecule has 0 radical (unpaired) electrons. The Hall–Kier alpha value is -1.41. The lowest BCUT2D eigenvalue weighted by atomic mass is 9.90. The van der Waals surface area contributed by atoms with Gasteiger partial charge >= 0.3 is 0 Å². The Labute approximate surface area is 122 Å². The van der Waals surface area contributed by atoms with E-state index in [1.807, 2.05) is 37.4 Å². The predicted molar refractivity (Wildman–Crippen MR) is 81.3 cm³/mol. The SMILES string of the molecule is CNC(C#N)(CN1CCCN(C)CC1)c1ccccc1.